The van der Waals surface area contributed by atoms with Gasteiger partial charge in [-0.3, -0.25) is 0 Å². The molecule has 1 N–H and O–H groups in total. The Hall–Kier alpha value is -0.830. The summed E-state index contributed by atoms with van der Waals surface area (Å²) in [6.45, 7) is 0.848. The van der Waals surface area contributed by atoms with Crippen LogP contribution in [0.25, 0.3) is 0 Å². The van der Waals surface area contributed by atoms with Gasteiger partial charge in [-0.2, -0.15) is 0 Å². The lowest BCUT2D eigenvalue weighted by Gasteiger charge is -1.85. The van der Waals surface area contributed by atoms with Gasteiger partial charge in [-0.1, -0.05) is 6.08 Å². The molecule has 3 heteroatoms. The van der Waals surface area contributed by atoms with Crippen LogP contribution >= 0.6 is 0 Å². The summed E-state index contributed by atoms with van der Waals surface area (Å²) in [6, 6.07) is 0. The van der Waals surface area contributed by atoms with Gasteiger partial charge in [0.05, 0.1) is 12.7 Å². The highest BCUT2D eigenvalue weighted by atomic mass is 16.6. The predicted molar refractivity (Wildman–Crippen MR) is 35.7 cm³/mol. The first-order valence-corrected chi connectivity index (χ1v) is 3.30. The molecular weight excluding hydrogens is 132 g/mol. The summed E-state index contributed by atoms with van der Waals surface area (Å²) in [7, 11) is 0. The standard InChI is InChI=1S/C7H10O3/c8-7(9)4-2-1-3-6-5-10-6/h2,4,6H,1,3,5H2,(H,8,9). The fourth-order valence-electron chi connectivity index (χ4n) is 0.701. The number of hydrogen-bond donors (Lipinski definition) is 1. The number of aliphatic carboxylic acids is 1. The third-order valence-corrected chi connectivity index (χ3v) is 1.32. The molecule has 0 bridgehead atoms. The SMILES string of the molecule is O=C(O)C=CCCC1CO1. The molecule has 0 radical (unpaired) electrons. The highest BCUT2D eigenvalue weighted by Gasteiger charge is 2.20. The Bertz CT molecular complexity index is 147. The van der Waals surface area contributed by atoms with Crippen molar-refractivity contribution in [3.63, 3.8) is 0 Å². The van der Waals surface area contributed by atoms with Gasteiger partial charge in [0.1, 0.15) is 0 Å². The number of allylic oxidation sites excluding steroid dienone is 1. The summed E-state index contributed by atoms with van der Waals surface area (Å²) in [6.07, 6.45) is 4.98. The van der Waals surface area contributed by atoms with E-state index in [1.54, 1.807) is 6.08 Å². The first-order chi connectivity index (χ1) is 4.79. The zero-order chi connectivity index (χ0) is 7.40. The maximum Gasteiger partial charge on any atom is 0.327 e. The smallest absolute Gasteiger partial charge is 0.327 e. The van der Waals surface area contributed by atoms with E-state index in [9.17, 15) is 4.79 Å². The van der Waals surface area contributed by atoms with Crippen LogP contribution in [-0.4, -0.2) is 23.8 Å². The molecule has 0 saturated carbocycles. The monoisotopic (exact) mass is 142 g/mol. The van der Waals surface area contributed by atoms with E-state index in [4.69, 9.17) is 9.84 Å². The number of epoxide rings is 1. The molecule has 1 rings (SSSR count). The lowest BCUT2D eigenvalue weighted by Crippen LogP contribution is -1.87. The largest absolute Gasteiger partial charge is 0.478 e. The number of carboxylic acids is 1. The molecule has 0 aromatic rings. The molecule has 0 spiro atoms. The van der Waals surface area contributed by atoms with Crippen LogP contribution in [-0.2, 0) is 9.53 Å². The molecular formula is C7H10O3. The van der Waals surface area contributed by atoms with E-state index < -0.39 is 5.97 Å². The second-order valence-electron chi connectivity index (χ2n) is 2.27. The van der Waals surface area contributed by atoms with E-state index in [0.29, 0.717) is 6.10 Å². The Morgan fingerprint density at radius 3 is 3.00 bits per heavy atom. The third-order valence-electron chi connectivity index (χ3n) is 1.32. The number of hydrogen-bond acceptors (Lipinski definition) is 2. The molecule has 1 aliphatic heterocycles. The van der Waals surface area contributed by atoms with Gasteiger partial charge < -0.3 is 9.84 Å². The third kappa shape index (κ3) is 3.25. The van der Waals surface area contributed by atoms with Gasteiger partial charge in [0.15, 0.2) is 0 Å². The molecule has 0 amide bonds. The maximum absolute atomic E-state index is 9.94. The summed E-state index contributed by atoms with van der Waals surface area (Å²) in [5.41, 5.74) is 0. The first kappa shape index (κ1) is 7.28. The van der Waals surface area contributed by atoms with Crippen LogP contribution < -0.4 is 0 Å². The molecule has 1 heterocycles. The molecule has 0 aliphatic carbocycles. The van der Waals surface area contributed by atoms with Crippen molar-refractivity contribution in [2.45, 2.75) is 18.9 Å². The molecule has 10 heavy (non-hydrogen) atoms. The van der Waals surface area contributed by atoms with Crippen LogP contribution in [0.1, 0.15) is 12.8 Å². The van der Waals surface area contributed by atoms with E-state index in [1.165, 1.54) is 6.08 Å². The molecule has 0 aromatic heterocycles. The molecule has 1 aliphatic rings. The minimum atomic E-state index is -0.878. The Morgan fingerprint density at radius 1 is 1.80 bits per heavy atom. The van der Waals surface area contributed by atoms with Gasteiger partial charge in [0.2, 0.25) is 0 Å². The molecule has 1 atom stereocenters. The van der Waals surface area contributed by atoms with Crippen LogP contribution in [0.2, 0.25) is 0 Å². The highest BCUT2D eigenvalue weighted by molar-refractivity contribution is 5.79. The molecule has 0 aromatic carbocycles. The van der Waals surface area contributed by atoms with Gasteiger partial charge >= 0.3 is 5.97 Å². The van der Waals surface area contributed by atoms with E-state index in [2.05, 4.69) is 0 Å². The summed E-state index contributed by atoms with van der Waals surface area (Å²) >= 11 is 0. The number of rotatable bonds is 4. The maximum atomic E-state index is 9.94. The van der Waals surface area contributed by atoms with Crippen molar-refractivity contribution in [1.82, 2.24) is 0 Å². The fourth-order valence-corrected chi connectivity index (χ4v) is 0.701. The van der Waals surface area contributed by atoms with Crippen LogP contribution in [0.15, 0.2) is 12.2 Å². The number of carboxylic acid groups (broad SMARTS) is 1. The van der Waals surface area contributed by atoms with Gasteiger partial charge in [0, 0.05) is 6.08 Å². The summed E-state index contributed by atoms with van der Waals surface area (Å²) in [4.78, 5) is 9.94. The van der Waals surface area contributed by atoms with Crippen molar-refractivity contribution >= 4 is 5.97 Å². The predicted octanol–water partition coefficient (Wildman–Crippen LogP) is 0.806. The lowest BCUT2D eigenvalue weighted by atomic mass is 10.2. The minimum absolute atomic E-state index is 0.401. The van der Waals surface area contributed by atoms with Crippen LogP contribution in [0.5, 0.6) is 0 Å². The molecule has 1 unspecified atom stereocenters. The molecule has 1 fully saturated rings. The molecule has 56 valence electrons. The topological polar surface area (TPSA) is 49.8 Å². The van der Waals surface area contributed by atoms with Gasteiger partial charge in [0.25, 0.3) is 0 Å². The summed E-state index contributed by atoms with van der Waals surface area (Å²) < 4.78 is 4.93. The Labute approximate surface area is 59.3 Å². The summed E-state index contributed by atoms with van der Waals surface area (Å²) in [5, 5.41) is 8.18. The van der Waals surface area contributed by atoms with Crippen LogP contribution in [0.4, 0.5) is 0 Å². The van der Waals surface area contributed by atoms with Crippen molar-refractivity contribution in [2.75, 3.05) is 6.61 Å². The minimum Gasteiger partial charge on any atom is -0.478 e. The van der Waals surface area contributed by atoms with Crippen LogP contribution in [0.3, 0.4) is 0 Å². The van der Waals surface area contributed by atoms with Crippen molar-refractivity contribution in [1.29, 1.82) is 0 Å². The van der Waals surface area contributed by atoms with Gasteiger partial charge in [-0.05, 0) is 12.8 Å². The number of carbonyl (C=O) groups is 1. The van der Waals surface area contributed by atoms with E-state index in [0.717, 1.165) is 19.4 Å². The van der Waals surface area contributed by atoms with Crippen molar-refractivity contribution < 1.29 is 14.6 Å². The number of ether oxygens (including phenoxy) is 1. The zero-order valence-corrected chi connectivity index (χ0v) is 5.62. The van der Waals surface area contributed by atoms with Crippen molar-refractivity contribution in [2.24, 2.45) is 0 Å². The van der Waals surface area contributed by atoms with Crippen LogP contribution in [0, 0.1) is 0 Å². The Kier molecular flexibility index (Phi) is 2.45. The van der Waals surface area contributed by atoms with Gasteiger partial charge in [-0.15, -0.1) is 0 Å². The normalized spacial score (nSPS) is 23.4. The van der Waals surface area contributed by atoms with E-state index >= 15 is 0 Å². The van der Waals surface area contributed by atoms with Gasteiger partial charge in [-0.25, -0.2) is 4.79 Å². The van der Waals surface area contributed by atoms with E-state index in [1.807, 2.05) is 0 Å². The zero-order valence-electron chi connectivity index (χ0n) is 5.62. The Balaban J connectivity index is 1.97. The van der Waals surface area contributed by atoms with Crippen molar-refractivity contribution in [3.05, 3.63) is 12.2 Å². The highest BCUT2D eigenvalue weighted by Crippen LogP contribution is 2.15. The average molecular weight is 142 g/mol. The first-order valence-electron chi connectivity index (χ1n) is 3.30. The van der Waals surface area contributed by atoms with Crippen molar-refractivity contribution in [3.8, 4) is 0 Å². The molecule has 3 nitrogen and oxygen atoms in total. The summed E-state index contributed by atoms with van der Waals surface area (Å²) in [5.74, 6) is -0.878. The quantitative estimate of drug-likeness (QED) is 0.466. The van der Waals surface area contributed by atoms with E-state index in [-0.39, 0.29) is 0 Å². The molecule has 1 saturated heterocycles. The second-order valence-corrected chi connectivity index (χ2v) is 2.27. The fraction of sp³-hybridized carbons (Fsp3) is 0.571. The average Bonchev–Trinajstić information content (AvgIpc) is 2.62. The lowest BCUT2D eigenvalue weighted by molar-refractivity contribution is -0.131. The second kappa shape index (κ2) is 3.37. The Morgan fingerprint density at radius 2 is 2.50 bits per heavy atom.